The third kappa shape index (κ3) is 7.37. The fourth-order valence-electron chi connectivity index (χ4n) is 0.941. The summed E-state index contributed by atoms with van der Waals surface area (Å²) in [5.74, 6) is 0.152. The number of rotatable bonds is 6. The molecule has 0 heterocycles. The first kappa shape index (κ1) is 10.5. The molecule has 0 spiro atoms. The molecule has 0 aliphatic heterocycles. The van der Waals surface area contributed by atoms with Crippen molar-refractivity contribution in [2.75, 3.05) is 7.05 Å². The van der Waals surface area contributed by atoms with E-state index in [0.29, 0.717) is 6.42 Å². The van der Waals surface area contributed by atoms with Crippen molar-refractivity contribution in [1.82, 2.24) is 5.32 Å². The lowest BCUT2D eigenvalue weighted by Gasteiger charge is -1.98. The van der Waals surface area contributed by atoms with Crippen molar-refractivity contribution in [3.05, 3.63) is 6.92 Å². The van der Waals surface area contributed by atoms with E-state index >= 15 is 0 Å². The molecule has 0 aliphatic rings. The summed E-state index contributed by atoms with van der Waals surface area (Å²) in [4.78, 5) is 10.7. The molecule has 2 heteroatoms. The molecule has 2 nitrogen and oxygen atoms in total. The number of amides is 1. The minimum absolute atomic E-state index is 0.152. The van der Waals surface area contributed by atoms with Gasteiger partial charge in [0.05, 0.1) is 0 Å². The molecule has 0 aromatic heterocycles. The third-order valence-corrected chi connectivity index (χ3v) is 1.68. The summed E-state index contributed by atoms with van der Waals surface area (Å²) in [6.07, 6.45) is 6.25. The Balaban J connectivity index is 2.95. The molecule has 0 aromatic rings. The molecule has 0 atom stereocenters. The van der Waals surface area contributed by atoms with Gasteiger partial charge >= 0.3 is 0 Å². The first-order chi connectivity index (χ1) is 5.31. The van der Waals surface area contributed by atoms with Crippen LogP contribution in [0.15, 0.2) is 0 Å². The molecular formula is C9H18NO. The van der Waals surface area contributed by atoms with E-state index in [0.717, 1.165) is 19.3 Å². The number of nitrogens with one attached hydrogen (secondary N) is 1. The van der Waals surface area contributed by atoms with E-state index in [1.165, 1.54) is 12.8 Å². The van der Waals surface area contributed by atoms with Gasteiger partial charge < -0.3 is 5.32 Å². The lowest BCUT2D eigenvalue weighted by Crippen LogP contribution is -2.16. The van der Waals surface area contributed by atoms with Gasteiger partial charge in [0.2, 0.25) is 5.91 Å². The van der Waals surface area contributed by atoms with Gasteiger partial charge in [-0.25, -0.2) is 0 Å². The van der Waals surface area contributed by atoms with Crippen LogP contribution in [-0.2, 0) is 4.79 Å². The lowest BCUT2D eigenvalue weighted by atomic mass is 10.1. The predicted molar refractivity (Wildman–Crippen MR) is 47.1 cm³/mol. The molecule has 0 saturated heterocycles. The van der Waals surface area contributed by atoms with Crippen LogP contribution in [0, 0.1) is 6.92 Å². The Bertz CT molecular complexity index is 102. The molecule has 0 unspecified atom stereocenters. The van der Waals surface area contributed by atoms with Crippen molar-refractivity contribution >= 4 is 5.91 Å². The van der Waals surface area contributed by atoms with E-state index < -0.39 is 0 Å². The molecule has 0 rings (SSSR count). The Morgan fingerprint density at radius 1 is 1.27 bits per heavy atom. The van der Waals surface area contributed by atoms with Crippen LogP contribution in [0.3, 0.4) is 0 Å². The summed E-state index contributed by atoms with van der Waals surface area (Å²) < 4.78 is 0. The standard InChI is InChI=1S/C9H18NO/c1-3-4-5-6-7-8-9(11)10-2/h1,3-8H2,2H3,(H,10,11). The minimum atomic E-state index is 0.152. The maximum Gasteiger partial charge on any atom is 0.219 e. The molecule has 1 N–H and O–H groups in total. The molecular weight excluding hydrogens is 138 g/mol. The average Bonchev–Trinajstić information content (AvgIpc) is 2.04. The molecule has 0 aliphatic carbocycles. The third-order valence-electron chi connectivity index (χ3n) is 1.68. The highest BCUT2D eigenvalue weighted by atomic mass is 16.1. The number of carbonyl (C=O) groups excluding carboxylic acids is 1. The highest BCUT2D eigenvalue weighted by Gasteiger charge is 1.95. The molecule has 0 aromatic carbocycles. The largest absolute Gasteiger partial charge is 0.359 e. The van der Waals surface area contributed by atoms with Crippen molar-refractivity contribution in [2.24, 2.45) is 0 Å². The van der Waals surface area contributed by atoms with Crippen LogP contribution in [0.25, 0.3) is 0 Å². The second-order valence-corrected chi connectivity index (χ2v) is 2.69. The SMILES string of the molecule is [CH2]CCCCCCC(=O)NC. The van der Waals surface area contributed by atoms with Crippen LogP contribution < -0.4 is 5.32 Å². The van der Waals surface area contributed by atoms with Gasteiger partial charge in [-0.3, -0.25) is 4.79 Å². The Hall–Kier alpha value is -0.530. The summed E-state index contributed by atoms with van der Waals surface area (Å²) in [5, 5.41) is 2.60. The molecule has 65 valence electrons. The number of hydrogen-bond acceptors (Lipinski definition) is 1. The van der Waals surface area contributed by atoms with Crippen LogP contribution in [0.1, 0.15) is 38.5 Å². The number of unbranched alkanes of at least 4 members (excludes halogenated alkanes) is 4. The first-order valence-electron chi connectivity index (χ1n) is 4.31. The normalized spacial score (nSPS) is 9.64. The molecule has 0 saturated carbocycles. The maximum absolute atomic E-state index is 10.7. The zero-order valence-electron chi connectivity index (χ0n) is 7.36. The molecule has 1 amide bonds. The topological polar surface area (TPSA) is 29.1 Å². The predicted octanol–water partition coefficient (Wildman–Crippen LogP) is 1.91. The van der Waals surface area contributed by atoms with E-state index in [1.807, 2.05) is 0 Å². The fraction of sp³-hybridized carbons (Fsp3) is 0.778. The van der Waals surface area contributed by atoms with Gasteiger partial charge in [0.25, 0.3) is 0 Å². The van der Waals surface area contributed by atoms with E-state index in [-0.39, 0.29) is 5.91 Å². The highest BCUT2D eigenvalue weighted by molar-refractivity contribution is 5.75. The van der Waals surface area contributed by atoms with E-state index in [4.69, 9.17) is 0 Å². The van der Waals surface area contributed by atoms with Gasteiger partial charge in [0.15, 0.2) is 0 Å². The van der Waals surface area contributed by atoms with Crippen LogP contribution in [0.4, 0.5) is 0 Å². The Kier molecular flexibility index (Phi) is 7.21. The van der Waals surface area contributed by atoms with E-state index in [2.05, 4.69) is 12.2 Å². The summed E-state index contributed by atoms with van der Waals surface area (Å²) in [6, 6.07) is 0. The monoisotopic (exact) mass is 156 g/mol. The van der Waals surface area contributed by atoms with Crippen molar-refractivity contribution in [3.8, 4) is 0 Å². The van der Waals surface area contributed by atoms with Crippen LogP contribution >= 0.6 is 0 Å². The Morgan fingerprint density at radius 2 is 1.91 bits per heavy atom. The summed E-state index contributed by atoms with van der Waals surface area (Å²) in [7, 11) is 1.68. The summed E-state index contributed by atoms with van der Waals surface area (Å²) >= 11 is 0. The molecule has 11 heavy (non-hydrogen) atoms. The smallest absolute Gasteiger partial charge is 0.219 e. The number of carbonyl (C=O) groups is 1. The van der Waals surface area contributed by atoms with Gasteiger partial charge in [-0.05, 0) is 6.42 Å². The Labute approximate surface area is 69.4 Å². The number of hydrogen-bond donors (Lipinski definition) is 1. The van der Waals surface area contributed by atoms with E-state index in [9.17, 15) is 4.79 Å². The van der Waals surface area contributed by atoms with Crippen LogP contribution in [0.5, 0.6) is 0 Å². The lowest BCUT2D eigenvalue weighted by molar-refractivity contribution is -0.120. The average molecular weight is 156 g/mol. The van der Waals surface area contributed by atoms with Gasteiger partial charge in [-0.15, -0.1) is 0 Å². The van der Waals surface area contributed by atoms with Gasteiger partial charge in [0.1, 0.15) is 0 Å². The molecule has 1 radical (unpaired) electrons. The van der Waals surface area contributed by atoms with Crippen molar-refractivity contribution in [2.45, 2.75) is 38.5 Å². The highest BCUT2D eigenvalue weighted by Crippen LogP contribution is 2.04. The minimum Gasteiger partial charge on any atom is -0.359 e. The first-order valence-corrected chi connectivity index (χ1v) is 4.31. The van der Waals surface area contributed by atoms with Gasteiger partial charge in [-0.2, -0.15) is 0 Å². The second kappa shape index (κ2) is 7.58. The summed E-state index contributed by atoms with van der Waals surface area (Å²) in [5.41, 5.74) is 0. The van der Waals surface area contributed by atoms with Gasteiger partial charge in [0, 0.05) is 13.5 Å². The van der Waals surface area contributed by atoms with Crippen molar-refractivity contribution in [3.63, 3.8) is 0 Å². The van der Waals surface area contributed by atoms with Crippen molar-refractivity contribution in [1.29, 1.82) is 0 Å². The van der Waals surface area contributed by atoms with E-state index in [1.54, 1.807) is 7.05 Å². The second-order valence-electron chi connectivity index (χ2n) is 2.69. The zero-order valence-corrected chi connectivity index (χ0v) is 7.36. The summed E-state index contributed by atoms with van der Waals surface area (Å²) in [6.45, 7) is 3.76. The van der Waals surface area contributed by atoms with Crippen LogP contribution in [-0.4, -0.2) is 13.0 Å². The fourth-order valence-corrected chi connectivity index (χ4v) is 0.941. The van der Waals surface area contributed by atoms with Gasteiger partial charge in [-0.1, -0.05) is 32.6 Å². The van der Waals surface area contributed by atoms with Crippen molar-refractivity contribution < 1.29 is 4.79 Å². The Morgan fingerprint density at radius 3 is 2.45 bits per heavy atom. The zero-order chi connectivity index (χ0) is 8.53. The molecule has 0 bridgehead atoms. The maximum atomic E-state index is 10.7. The van der Waals surface area contributed by atoms with Crippen LogP contribution in [0.2, 0.25) is 0 Å². The quantitative estimate of drug-likeness (QED) is 0.585. The molecule has 0 fully saturated rings.